The number of benzene rings is 1. The van der Waals surface area contributed by atoms with Gasteiger partial charge in [0.15, 0.2) is 5.82 Å². The third-order valence-electron chi connectivity index (χ3n) is 12.1. The van der Waals surface area contributed by atoms with Crippen LogP contribution in [0.4, 0.5) is 5.82 Å². The third-order valence-corrected chi connectivity index (χ3v) is 12.1. The first-order valence-electron chi connectivity index (χ1n) is 15.2. The van der Waals surface area contributed by atoms with E-state index in [0.717, 1.165) is 41.6 Å². The Morgan fingerprint density at radius 3 is 2.45 bits per heavy atom. The van der Waals surface area contributed by atoms with Gasteiger partial charge in [-0.15, -0.1) is 0 Å². The fourth-order valence-electron chi connectivity index (χ4n) is 10.2. The lowest BCUT2D eigenvalue weighted by Gasteiger charge is -2.56. The molecule has 4 bridgehead atoms. The number of hydrogen-bond acceptors (Lipinski definition) is 5. The van der Waals surface area contributed by atoms with Crippen molar-refractivity contribution in [3.8, 4) is 0 Å². The van der Waals surface area contributed by atoms with Crippen LogP contribution in [0.5, 0.6) is 0 Å². The summed E-state index contributed by atoms with van der Waals surface area (Å²) in [5.41, 5.74) is 2.20. The van der Waals surface area contributed by atoms with E-state index in [9.17, 15) is 14.7 Å². The van der Waals surface area contributed by atoms with Gasteiger partial charge < -0.3 is 14.6 Å². The summed E-state index contributed by atoms with van der Waals surface area (Å²) in [6.07, 6.45) is 13.5. The standard InChI is InChI=1S/C31H40N4O3/c1-31-17-18-11-19(31)13-20(31)14-23(12-18)34-21-5-4-6-22(34)16-24(15-21)35-26-8-3-2-7-25(26)32-28(29(35)36)33-10-9-27(33)30(37)38/h2-3,7-8,18-24,27H,4-6,9-17H2,1H3,(H,37,38)/t18-,19+,20+,21-,22+,23-,24?,27+,31?/m1/s1. The van der Waals surface area contributed by atoms with Gasteiger partial charge in [-0.05, 0) is 99.5 Å². The molecule has 6 fully saturated rings. The van der Waals surface area contributed by atoms with Crippen LogP contribution in [0.2, 0.25) is 0 Å². The molecule has 38 heavy (non-hydrogen) atoms. The van der Waals surface area contributed by atoms with Crippen molar-refractivity contribution < 1.29 is 9.90 Å². The Balaban J connectivity index is 1.13. The van der Waals surface area contributed by atoms with E-state index in [2.05, 4.69) is 11.8 Å². The maximum atomic E-state index is 14.1. The highest BCUT2D eigenvalue weighted by Crippen LogP contribution is 2.67. The molecule has 1 N–H and O–H groups in total. The first kappa shape index (κ1) is 23.5. The second-order valence-corrected chi connectivity index (χ2v) is 13.8. The SMILES string of the molecule is CC12C[C@H]3C[C@@H](N4[C@@H]5CCC[C@H]4CC(n4c(=O)c(N6CC[C@H]6C(=O)O)nc6ccccc64)C5)C[C@@H]1C[C@@H]2C3. The minimum Gasteiger partial charge on any atom is -0.480 e. The van der Waals surface area contributed by atoms with Crippen molar-refractivity contribution in [2.75, 3.05) is 11.4 Å². The van der Waals surface area contributed by atoms with Crippen LogP contribution < -0.4 is 10.5 Å². The van der Waals surface area contributed by atoms with E-state index in [1.54, 1.807) is 4.90 Å². The Hall–Kier alpha value is -2.41. The van der Waals surface area contributed by atoms with Crippen molar-refractivity contribution in [3.05, 3.63) is 34.6 Å². The van der Waals surface area contributed by atoms with Crippen LogP contribution in [-0.4, -0.2) is 56.2 Å². The highest BCUT2D eigenvalue weighted by atomic mass is 16.4. The van der Waals surface area contributed by atoms with Gasteiger partial charge in [0.1, 0.15) is 6.04 Å². The van der Waals surface area contributed by atoms with Crippen LogP contribution in [0.25, 0.3) is 11.0 Å². The molecule has 3 aliphatic heterocycles. The Bertz CT molecular complexity index is 1340. The molecule has 2 aromatic rings. The quantitative estimate of drug-likeness (QED) is 0.627. The van der Waals surface area contributed by atoms with E-state index in [1.807, 2.05) is 28.8 Å². The van der Waals surface area contributed by atoms with Gasteiger partial charge in [-0.3, -0.25) is 9.69 Å². The molecule has 3 aliphatic carbocycles. The summed E-state index contributed by atoms with van der Waals surface area (Å²) in [6.45, 7) is 3.16. The number of rotatable bonds is 4. The number of aromatic nitrogens is 2. The molecular weight excluding hydrogens is 476 g/mol. The van der Waals surface area contributed by atoms with Crippen molar-refractivity contribution in [2.24, 2.45) is 23.2 Å². The topological polar surface area (TPSA) is 78.7 Å². The molecule has 4 heterocycles. The van der Waals surface area contributed by atoms with E-state index in [-0.39, 0.29) is 11.6 Å². The maximum absolute atomic E-state index is 14.1. The van der Waals surface area contributed by atoms with Gasteiger partial charge >= 0.3 is 5.97 Å². The minimum atomic E-state index is -0.872. The van der Waals surface area contributed by atoms with E-state index in [4.69, 9.17) is 4.98 Å². The zero-order valence-electron chi connectivity index (χ0n) is 22.5. The van der Waals surface area contributed by atoms with Crippen LogP contribution in [-0.2, 0) is 4.79 Å². The number of nitrogens with zero attached hydrogens (tertiary/aromatic N) is 4. The number of anilines is 1. The Morgan fingerprint density at radius 2 is 1.71 bits per heavy atom. The molecule has 1 aromatic carbocycles. The van der Waals surface area contributed by atoms with Crippen molar-refractivity contribution in [1.29, 1.82) is 0 Å². The molecule has 7 nitrogen and oxygen atoms in total. The van der Waals surface area contributed by atoms with Gasteiger partial charge in [-0.1, -0.05) is 25.5 Å². The van der Waals surface area contributed by atoms with Gasteiger partial charge in [0, 0.05) is 30.7 Å². The second kappa shape index (κ2) is 8.30. The minimum absolute atomic E-state index is 0.105. The van der Waals surface area contributed by atoms with E-state index in [0.29, 0.717) is 42.3 Å². The average Bonchev–Trinajstić information content (AvgIpc) is 3.02. The molecule has 0 spiro atoms. The van der Waals surface area contributed by atoms with Crippen LogP contribution in [0.15, 0.2) is 29.1 Å². The van der Waals surface area contributed by atoms with E-state index >= 15 is 0 Å². The molecule has 3 saturated carbocycles. The monoisotopic (exact) mass is 516 g/mol. The molecule has 0 radical (unpaired) electrons. The molecule has 8 rings (SSSR count). The number of carboxylic acids is 1. The van der Waals surface area contributed by atoms with Gasteiger partial charge in [-0.2, -0.15) is 0 Å². The van der Waals surface area contributed by atoms with Crippen LogP contribution in [0.1, 0.15) is 83.6 Å². The fourth-order valence-corrected chi connectivity index (χ4v) is 10.2. The molecule has 0 amide bonds. The zero-order valence-corrected chi connectivity index (χ0v) is 22.5. The highest BCUT2D eigenvalue weighted by Gasteiger charge is 2.60. The lowest BCUT2D eigenvalue weighted by atomic mass is 9.54. The third kappa shape index (κ3) is 3.26. The maximum Gasteiger partial charge on any atom is 0.326 e. The summed E-state index contributed by atoms with van der Waals surface area (Å²) in [5, 5.41) is 9.66. The predicted octanol–water partition coefficient (Wildman–Crippen LogP) is 4.83. The number of piperidine rings is 2. The number of para-hydroxylation sites is 2. The Labute approximate surface area is 224 Å². The summed E-state index contributed by atoms with van der Waals surface area (Å²) in [6, 6.07) is 9.22. The molecule has 7 heteroatoms. The smallest absolute Gasteiger partial charge is 0.326 e. The average molecular weight is 517 g/mol. The largest absolute Gasteiger partial charge is 0.480 e. The predicted molar refractivity (Wildman–Crippen MR) is 146 cm³/mol. The molecule has 1 aromatic heterocycles. The summed E-state index contributed by atoms with van der Waals surface area (Å²) in [4.78, 5) is 35.2. The van der Waals surface area contributed by atoms with Crippen molar-refractivity contribution >= 4 is 22.8 Å². The van der Waals surface area contributed by atoms with Crippen molar-refractivity contribution in [1.82, 2.24) is 14.5 Å². The van der Waals surface area contributed by atoms with Gasteiger partial charge in [0.05, 0.1) is 11.0 Å². The zero-order chi connectivity index (χ0) is 25.8. The molecular formula is C31H40N4O3. The number of fused-ring (bicyclic) bond motifs is 4. The first-order chi connectivity index (χ1) is 18.4. The normalized spacial score (nSPS) is 41.9. The molecule has 2 unspecified atom stereocenters. The number of carbonyl (C=O) groups is 1. The molecule has 3 saturated heterocycles. The number of aliphatic carboxylic acids is 1. The van der Waals surface area contributed by atoms with Crippen LogP contribution >= 0.6 is 0 Å². The Kier molecular flexibility index (Phi) is 5.12. The molecule has 6 aliphatic rings. The summed E-state index contributed by atoms with van der Waals surface area (Å²) in [5.74, 6) is 2.27. The van der Waals surface area contributed by atoms with Crippen LogP contribution in [0, 0.1) is 23.2 Å². The van der Waals surface area contributed by atoms with Crippen molar-refractivity contribution in [3.63, 3.8) is 0 Å². The van der Waals surface area contributed by atoms with E-state index in [1.165, 1.54) is 51.4 Å². The number of hydrogen-bond donors (Lipinski definition) is 1. The van der Waals surface area contributed by atoms with E-state index < -0.39 is 12.0 Å². The van der Waals surface area contributed by atoms with Crippen LogP contribution in [0.3, 0.4) is 0 Å². The highest BCUT2D eigenvalue weighted by molar-refractivity contribution is 5.81. The second-order valence-electron chi connectivity index (χ2n) is 13.8. The first-order valence-corrected chi connectivity index (χ1v) is 15.2. The lowest BCUT2D eigenvalue weighted by molar-refractivity contribution is -0.140. The lowest BCUT2D eigenvalue weighted by Crippen LogP contribution is -2.59. The fraction of sp³-hybridized carbons (Fsp3) is 0.710. The van der Waals surface area contributed by atoms with Gasteiger partial charge in [-0.25, -0.2) is 9.78 Å². The van der Waals surface area contributed by atoms with Crippen molar-refractivity contribution in [2.45, 2.75) is 108 Å². The Morgan fingerprint density at radius 1 is 0.947 bits per heavy atom. The molecule has 9 atom stereocenters. The summed E-state index contributed by atoms with van der Waals surface area (Å²) >= 11 is 0. The summed E-state index contributed by atoms with van der Waals surface area (Å²) in [7, 11) is 0. The summed E-state index contributed by atoms with van der Waals surface area (Å²) < 4.78 is 2.02. The molecule has 202 valence electrons. The number of carboxylic acid groups (broad SMARTS) is 1. The van der Waals surface area contributed by atoms with Gasteiger partial charge in [0.25, 0.3) is 5.56 Å². The van der Waals surface area contributed by atoms with Gasteiger partial charge in [0.2, 0.25) is 0 Å².